The molecule has 1 aromatic heterocycles. The highest BCUT2D eigenvalue weighted by molar-refractivity contribution is 6.31. The Morgan fingerprint density at radius 2 is 1.95 bits per heavy atom. The largest absolute Gasteiger partial charge is 0.368 e. The molecule has 0 fully saturated rings. The normalized spacial score (nSPS) is 10.6. The Hall–Kier alpha value is -1.58. The Kier molecular flexibility index (Phi) is 4.99. The highest BCUT2D eigenvalue weighted by atomic mass is 35.5. The molecule has 2 N–H and O–H groups in total. The van der Waals surface area contributed by atoms with Crippen molar-refractivity contribution in [1.29, 1.82) is 0 Å². The number of pyridine rings is 1. The Bertz CT molecular complexity index is 584. The number of aromatic nitrogens is 1. The molecule has 2 rings (SSSR count). The fourth-order valence-electron chi connectivity index (χ4n) is 2.31. The summed E-state index contributed by atoms with van der Waals surface area (Å²) in [7, 11) is 2.05. The van der Waals surface area contributed by atoms with Crippen molar-refractivity contribution in [2.45, 2.75) is 19.9 Å². The molecular formula is C16H20ClN3. The molecule has 0 bridgehead atoms. The lowest BCUT2D eigenvalue weighted by Crippen LogP contribution is -2.20. The van der Waals surface area contributed by atoms with E-state index in [2.05, 4.69) is 23.0 Å². The second kappa shape index (κ2) is 6.73. The first-order valence-corrected chi connectivity index (χ1v) is 7.10. The van der Waals surface area contributed by atoms with Crippen LogP contribution in [-0.2, 0) is 13.0 Å². The summed E-state index contributed by atoms with van der Waals surface area (Å²) >= 11 is 6.28. The van der Waals surface area contributed by atoms with Crippen molar-refractivity contribution in [2.24, 2.45) is 5.73 Å². The SMILES string of the molecule is Cc1cccc(CN(C)c2cccc(Cl)c2CCN)n1. The molecule has 0 aliphatic carbocycles. The van der Waals surface area contributed by atoms with Gasteiger partial charge in [0.05, 0.1) is 12.2 Å². The molecule has 0 aliphatic heterocycles. The minimum Gasteiger partial charge on any atom is -0.368 e. The highest BCUT2D eigenvalue weighted by Crippen LogP contribution is 2.28. The third-order valence-electron chi connectivity index (χ3n) is 3.24. The number of rotatable bonds is 5. The second-order valence-electron chi connectivity index (χ2n) is 4.90. The van der Waals surface area contributed by atoms with Gasteiger partial charge in [-0.1, -0.05) is 23.7 Å². The van der Waals surface area contributed by atoms with E-state index in [9.17, 15) is 0 Å². The van der Waals surface area contributed by atoms with Gasteiger partial charge in [-0.05, 0) is 49.7 Å². The molecule has 3 nitrogen and oxygen atoms in total. The molecule has 0 amide bonds. The van der Waals surface area contributed by atoms with E-state index < -0.39 is 0 Å². The molecule has 1 aromatic carbocycles. The molecule has 0 spiro atoms. The van der Waals surface area contributed by atoms with Gasteiger partial charge in [-0.25, -0.2) is 0 Å². The summed E-state index contributed by atoms with van der Waals surface area (Å²) in [6, 6.07) is 12.0. The van der Waals surface area contributed by atoms with E-state index in [0.29, 0.717) is 6.54 Å². The lowest BCUT2D eigenvalue weighted by atomic mass is 10.1. The summed E-state index contributed by atoms with van der Waals surface area (Å²) in [5.74, 6) is 0. The van der Waals surface area contributed by atoms with Crippen LogP contribution in [0.3, 0.4) is 0 Å². The van der Waals surface area contributed by atoms with Gasteiger partial charge in [0, 0.05) is 23.5 Å². The number of hydrogen-bond donors (Lipinski definition) is 1. The third kappa shape index (κ3) is 3.50. The predicted molar refractivity (Wildman–Crippen MR) is 85.3 cm³/mol. The van der Waals surface area contributed by atoms with Crippen LogP contribution in [0.2, 0.25) is 5.02 Å². The van der Waals surface area contributed by atoms with Gasteiger partial charge in [0.25, 0.3) is 0 Å². The molecule has 0 radical (unpaired) electrons. The van der Waals surface area contributed by atoms with Crippen LogP contribution in [0, 0.1) is 6.92 Å². The Morgan fingerprint density at radius 3 is 2.65 bits per heavy atom. The van der Waals surface area contributed by atoms with Crippen molar-refractivity contribution in [3.8, 4) is 0 Å². The molecule has 1 heterocycles. The van der Waals surface area contributed by atoms with Crippen LogP contribution in [0.5, 0.6) is 0 Å². The number of hydrogen-bond acceptors (Lipinski definition) is 3. The molecule has 20 heavy (non-hydrogen) atoms. The van der Waals surface area contributed by atoms with Crippen molar-refractivity contribution >= 4 is 17.3 Å². The van der Waals surface area contributed by atoms with Gasteiger partial charge in [0.1, 0.15) is 0 Å². The molecule has 4 heteroatoms. The van der Waals surface area contributed by atoms with Crippen molar-refractivity contribution < 1.29 is 0 Å². The summed E-state index contributed by atoms with van der Waals surface area (Å²) in [5.41, 5.74) is 9.98. The second-order valence-corrected chi connectivity index (χ2v) is 5.31. The minimum absolute atomic E-state index is 0.591. The minimum atomic E-state index is 0.591. The van der Waals surface area contributed by atoms with E-state index in [1.54, 1.807) is 0 Å². The van der Waals surface area contributed by atoms with Crippen LogP contribution in [0.25, 0.3) is 0 Å². The topological polar surface area (TPSA) is 42.1 Å². The summed E-state index contributed by atoms with van der Waals surface area (Å²) in [4.78, 5) is 6.70. The zero-order valence-corrected chi connectivity index (χ0v) is 12.7. The number of aryl methyl sites for hydroxylation is 1. The van der Waals surface area contributed by atoms with Gasteiger partial charge in [-0.15, -0.1) is 0 Å². The maximum Gasteiger partial charge on any atom is 0.0600 e. The van der Waals surface area contributed by atoms with E-state index in [4.69, 9.17) is 17.3 Å². The Balaban J connectivity index is 2.25. The average molecular weight is 290 g/mol. The maximum absolute atomic E-state index is 6.28. The molecule has 0 atom stereocenters. The lowest BCUT2D eigenvalue weighted by molar-refractivity contribution is 0.860. The maximum atomic E-state index is 6.28. The van der Waals surface area contributed by atoms with Gasteiger partial charge in [-0.2, -0.15) is 0 Å². The summed E-state index contributed by atoms with van der Waals surface area (Å²) < 4.78 is 0. The molecule has 2 aromatic rings. The fourth-order valence-corrected chi connectivity index (χ4v) is 2.58. The molecule has 0 saturated heterocycles. The van der Waals surface area contributed by atoms with E-state index in [1.807, 2.05) is 37.3 Å². The Morgan fingerprint density at radius 1 is 1.20 bits per heavy atom. The van der Waals surface area contributed by atoms with Crippen LogP contribution in [0.15, 0.2) is 36.4 Å². The third-order valence-corrected chi connectivity index (χ3v) is 3.60. The summed E-state index contributed by atoms with van der Waals surface area (Å²) in [6.07, 6.45) is 0.778. The standard InChI is InChI=1S/C16H20ClN3/c1-12-5-3-6-13(19-12)11-20(2)16-8-4-7-15(17)14(16)9-10-18/h3-8H,9-11,18H2,1-2H3. The summed E-state index contributed by atoms with van der Waals surface area (Å²) in [6.45, 7) is 3.34. The molecular weight excluding hydrogens is 270 g/mol. The first kappa shape index (κ1) is 14.8. The summed E-state index contributed by atoms with van der Waals surface area (Å²) in [5, 5.41) is 0.775. The van der Waals surface area contributed by atoms with Crippen molar-refractivity contribution in [3.63, 3.8) is 0 Å². The van der Waals surface area contributed by atoms with Gasteiger partial charge in [0.2, 0.25) is 0 Å². The number of benzene rings is 1. The monoisotopic (exact) mass is 289 g/mol. The van der Waals surface area contributed by atoms with E-state index in [0.717, 1.165) is 40.6 Å². The number of nitrogens with two attached hydrogens (primary N) is 1. The van der Waals surface area contributed by atoms with Gasteiger partial charge in [0.15, 0.2) is 0 Å². The van der Waals surface area contributed by atoms with E-state index in [-0.39, 0.29) is 0 Å². The average Bonchev–Trinajstić information content (AvgIpc) is 2.41. The number of nitrogens with zero attached hydrogens (tertiary/aromatic N) is 2. The van der Waals surface area contributed by atoms with Crippen LogP contribution in [-0.4, -0.2) is 18.6 Å². The smallest absolute Gasteiger partial charge is 0.0600 e. The zero-order valence-electron chi connectivity index (χ0n) is 11.9. The zero-order chi connectivity index (χ0) is 14.5. The van der Waals surface area contributed by atoms with Crippen LogP contribution in [0.4, 0.5) is 5.69 Å². The molecule has 0 unspecified atom stereocenters. The number of halogens is 1. The first-order valence-electron chi connectivity index (χ1n) is 6.73. The van der Waals surface area contributed by atoms with Gasteiger partial charge < -0.3 is 10.6 Å². The van der Waals surface area contributed by atoms with E-state index >= 15 is 0 Å². The van der Waals surface area contributed by atoms with Crippen molar-refractivity contribution in [2.75, 3.05) is 18.5 Å². The number of anilines is 1. The fraction of sp³-hybridized carbons (Fsp3) is 0.312. The highest BCUT2D eigenvalue weighted by Gasteiger charge is 2.11. The van der Waals surface area contributed by atoms with Crippen LogP contribution < -0.4 is 10.6 Å². The van der Waals surface area contributed by atoms with Crippen LogP contribution >= 0.6 is 11.6 Å². The van der Waals surface area contributed by atoms with Crippen molar-refractivity contribution in [1.82, 2.24) is 4.98 Å². The Labute approximate surface area is 125 Å². The first-order chi connectivity index (χ1) is 9.61. The van der Waals surface area contributed by atoms with Crippen LogP contribution in [0.1, 0.15) is 17.0 Å². The van der Waals surface area contributed by atoms with Crippen molar-refractivity contribution in [3.05, 3.63) is 58.4 Å². The van der Waals surface area contributed by atoms with Gasteiger partial charge in [-0.3, -0.25) is 4.98 Å². The molecule has 0 saturated carbocycles. The quantitative estimate of drug-likeness (QED) is 0.919. The van der Waals surface area contributed by atoms with E-state index in [1.165, 1.54) is 0 Å². The predicted octanol–water partition coefficient (Wildman–Crippen LogP) is 3.18. The molecule has 106 valence electrons. The molecule has 0 aliphatic rings. The van der Waals surface area contributed by atoms with Gasteiger partial charge >= 0.3 is 0 Å². The lowest BCUT2D eigenvalue weighted by Gasteiger charge is -2.23.